The number of thioether (sulfide) groups is 1. The third-order valence-electron chi connectivity index (χ3n) is 5.47. The summed E-state index contributed by atoms with van der Waals surface area (Å²) in [6.45, 7) is 3.47. The Bertz CT molecular complexity index is 1080. The van der Waals surface area contributed by atoms with Gasteiger partial charge < -0.3 is 4.90 Å². The van der Waals surface area contributed by atoms with E-state index in [4.69, 9.17) is 0 Å². The lowest BCUT2D eigenvalue weighted by Crippen LogP contribution is -2.42. The second-order valence-electron chi connectivity index (χ2n) is 7.51. The third-order valence-corrected chi connectivity index (χ3v) is 6.21. The molecule has 3 heterocycles. The summed E-state index contributed by atoms with van der Waals surface area (Å²) >= 11 is 1.50. The van der Waals surface area contributed by atoms with Gasteiger partial charge >= 0.3 is 0 Å². The van der Waals surface area contributed by atoms with Crippen molar-refractivity contribution in [3.8, 4) is 0 Å². The standard InChI is InChI=1S/C22H25N5O2S/c1-2-30-22-23-13-18-20(25-22)24-15-27(21(18)29)14-19(28)26-10-8-17(9-11-26)12-16-6-4-3-5-7-16/h3-7,13,15,17H,2,8-12,14H2,1H3. The Labute approximate surface area is 179 Å². The average molecular weight is 424 g/mol. The Morgan fingerprint density at radius 1 is 1.17 bits per heavy atom. The maximum Gasteiger partial charge on any atom is 0.264 e. The van der Waals surface area contributed by atoms with Crippen LogP contribution in [0.15, 0.2) is 52.8 Å². The van der Waals surface area contributed by atoms with E-state index in [9.17, 15) is 9.59 Å². The number of piperidine rings is 1. The number of hydrogen-bond donors (Lipinski definition) is 0. The first-order valence-electron chi connectivity index (χ1n) is 10.3. The zero-order valence-electron chi connectivity index (χ0n) is 17.0. The molecule has 3 aromatic rings. The predicted molar refractivity (Wildman–Crippen MR) is 117 cm³/mol. The quantitative estimate of drug-likeness (QED) is 0.448. The number of amides is 1. The van der Waals surface area contributed by atoms with Crippen molar-refractivity contribution >= 4 is 28.7 Å². The molecule has 7 nitrogen and oxygen atoms in total. The maximum atomic E-state index is 12.8. The van der Waals surface area contributed by atoms with Crippen LogP contribution in [0.3, 0.4) is 0 Å². The van der Waals surface area contributed by atoms with Gasteiger partial charge in [0.15, 0.2) is 10.8 Å². The van der Waals surface area contributed by atoms with Gasteiger partial charge in [-0.3, -0.25) is 14.2 Å². The van der Waals surface area contributed by atoms with Crippen molar-refractivity contribution in [2.24, 2.45) is 5.92 Å². The van der Waals surface area contributed by atoms with Crippen molar-refractivity contribution in [3.63, 3.8) is 0 Å². The van der Waals surface area contributed by atoms with Crippen molar-refractivity contribution in [3.05, 3.63) is 58.8 Å². The molecule has 1 aliphatic rings. The molecule has 1 aliphatic heterocycles. The van der Waals surface area contributed by atoms with Crippen LogP contribution < -0.4 is 5.56 Å². The molecule has 0 atom stereocenters. The molecule has 1 saturated heterocycles. The summed E-state index contributed by atoms with van der Waals surface area (Å²) in [7, 11) is 0. The summed E-state index contributed by atoms with van der Waals surface area (Å²) < 4.78 is 1.36. The van der Waals surface area contributed by atoms with Gasteiger partial charge in [-0.25, -0.2) is 15.0 Å². The number of rotatable bonds is 6. The van der Waals surface area contributed by atoms with Gasteiger partial charge in [0.1, 0.15) is 18.3 Å². The van der Waals surface area contributed by atoms with E-state index in [1.54, 1.807) is 0 Å². The zero-order valence-corrected chi connectivity index (χ0v) is 17.8. The van der Waals surface area contributed by atoms with E-state index in [0.29, 0.717) is 22.1 Å². The van der Waals surface area contributed by atoms with Crippen LogP contribution >= 0.6 is 11.8 Å². The first-order valence-corrected chi connectivity index (χ1v) is 11.3. The first kappa shape index (κ1) is 20.5. The summed E-state index contributed by atoms with van der Waals surface area (Å²) in [6, 6.07) is 10.5. The normalized spacial score (nSPS) is 14.9. The van der Waals surface area contributed by atoms with Gasteiger partial charge in [-0.2, -0.15) is 0 Å². The number of hydrogen-bond acceptors (Lipinski definition) is 6. The van der Waals surface area contributed by atoms with E-state index < -0.39 is 0 Å². The Kier molecular flexibility index (Phi) is 6.42. The second kappa shape index (κ2) is 9.38. The van der Waals surface area contributed by atoms with Crippen LogP contribution in [0, 0.1) is 5.92 Å². The SMILES string of the molecule is CCSc1ncc2c(=O)n(CC(=O)N3CCC(Cc4ccccc4)CC3)cnc2n1. The summed E-state index contributed by atoms with van der Waals surface area (Å²) in [5.41, 5.74) is 1.44. The third kappa shape index (κ3) is 4.70. The van der Waals surface area contributed by atoms with Crippen LogP contribution in [0.25, 0.3) is 11.0 Å². The number of likely N-dealkylation sites (tertiary alicyclic amines) is 1. The molecule has 1 amide bonds. The molecule has 30 heavy (non-hydrogen) atoms. The highest BCUT2D eigenvalue weighted by Gasteiger charge is 2.23. The number of benzene rings is 1. The fourth-order valence-electron chi connectivity index (χ4n) is 3.83. The van der Waals surface area contributed by atoms with E-state index in [1.807, 2.05) is 17.9 Å². The fourth-order valence-corrected chi connectivity index (χ4v) is 4.37. The smallest absolute Gasteiger partial charge is 0.264 e. The highest BCUT2D eigenvalue weighted by Crippen LogP contribution is 2.22. The molecule has 2 aromatic heterocycles. The molecular weight excluding hydrogens is 398 g/mol. The Hall–Kier alpha value is -2.74. The largest absolute Gasteiger partial charge is 0.341 e. The number of nitrogens with zero attached hydrogens (tertiary/aromatic N) is 5. The number of carbonyl (C=O) groups is 1. The first-order chi connectivity index (χ1) is 14.6. The molecule has 0 unspecified atom stereocenters. The molecule has 0 bridgehead atoms. The maximum absolute atomic E-state index is 12.8. The molecule has 4 rings (SSSR count). The topological polar surface area (TPSA) is 81.0 Å². The van der Waals surface area contributed by atoms with Crippen molar-refractivity contribution in [2.75, 3.05) is 18.8 Å². The van der Waals surface area contributed by atoms with Gasteiger partial charge in [-0.15, -0.1) is 0 Å². The number of aromatic nitrogens is 4. The van der Waals surface area contributed by atoms with Crippen LogP contribution in [0.5, 0.6) is 0 Å². The summed E-state index contributed by atoms with van der Waals surface area (Å²) in [6.07, 6.45) is 5.94. The highest BCUT2D eigenvalue weighted by molar-refractivity contribution is 7.99. The molecule has 0 radical (unpaired) electrons. The van der Waals surface area contributed by atoms with Crippen LogP contribution in [0.1, 0.15) is 25.3 Å². The molecule has 0 saturated carbocycles. The molecule has 1 aromatic carbocycles. The van der Waals surface area contributed by atoms with Crippen LogP contribution in [0.2, 0.25) is 0 Å². The Balaban J connectivity index is 1.38. The lowest BCUT2D eigenvalue weighted by atomic mass is 9.90. The minimum atomic E-state index is -0.277. The van der Waals surface area contributed by atoms with Gasteiger partial charge in [-0.1, -0.05) is 49.0 Å². The Morgan fingerprint density at radius 3 is 2.67 bits per heavy atom. The van der Waals surface area contributed by atoms with Crippen molar-refractivity contribution < 1.29 is 4.79 Å². The van der Waals surface area contributed by atoms with Crippen LogP contribution in [0.4, 0.5) is 0 Å². The molecule has 156 valence electrons. The van der Waals surface area contributed by atoms with Gasteiger partial charge in [0, 0.05) is 19.3 Å². The second-order valence-corrected chi connectivity index (χ2v) is 8.75. The average Bonchev–Trinajstić information content (AvgIpc) is 2.77. The lowest BCUT2D eigenvalue weighted by molar-refractivity contribution is -0.133. The van der Waals surface area contributed by atoms with Gasteiger partial charge in [0.25, 0.3) is 5.56 Å². The molecular formula is C22H25N5O2S. The Morgan fingerprint density at radius 2 is 1.93 bits per heavy atom. The zero-order chi connectivity index (χ0) is 20.9. The van der Waals surface area contributed by atoms with Gasteiger partial charge in [-0.05, 0) is 36.5 Å². The minimum absolute atomic E-state index is 0.00339. The van der Waals surface area contributed by atoms with Gasteiger partial charge in [0.2, 0.25) is 5.91 Å². The van der Waals surface area contributed by atoms with Gasteiger partial charge in [0.05, 0.1) is 0 Å². The monoisotopic (exact) mass is 423 g/mol. The molecule has 0 aliphatic carbocycles. The highest BCUT2D eigenvalue weighted by atomic mass is 32.2. The molecule has 0 spiro atoms. The van der Waals surface area contributed by atoms with E-state index in [2.05, 4.69) is 39.2 Å². The van der Waals surface area contributed by atoms with E-state index >= 15 is 0 Å². The van der Waals surface area contributed by atoms with Crippen molar-refractivity contribution in [1.29, 1.82) is 0 Å². The molecule has 0 N–H and O–H groups in total. The fraction of sp³-hybridized carbons (Fsp3) is 0.409. The van der Waals surface area contributed by atoms with E-state index in [1.165, 1.54) is 34.4 Å². The summed E-state index contributed by atoms with van der Waals surface area (Å²) in [5, 5.41) is 0.941. The van der Waals surface area contributed by atoms with Crippen LogP contribution in [-0.4, -0.2) is 49.2 Å². The minimum Gasteiger partial charge on any atom is -0.341 e. The molecule has 8 heteroatoms. The van der Waals surface area contributed by atoms with E-state index in [-0.39, 0.29) is 18.0 Å². The van der Waals surface area contributed by atoms with Crippen molar-refractivity contribution in [1.82, 2.24) is 24.4 Å². The lowest BCUT2D eigenvalue weighted by Gasteiger charge is -2.32. The summed E-state index contributed by atoms with van der Waals surface area (Å²) in [4.78, 5) is 40.2. The summed E-state index contributed by atoms with van der Waals surface area (Å²) in [5.74, 6) is 1.39. The molecule has 1 fully saturated rings. The van der Waals surface area contributed by atoms with Crippen molar-refractivity contribution in [2.45, 2.75) is 37.9 Å². The number of fused-ring (bicyclic) bond motifs is 1. The number of carbonyl (C=O) groups excluding carboxylic acids is 1. The van der Waals surface area contributed by atoms with Crippen LogP contribution in [-0.2, 0) is 17.8 Å². The predicted octanol–water partition coefficient (Wildman–Crippen LogP) is 2.78. The van der Waals surface area contributed by atoms with E-state index in [0.717, 1.165) is 38.1 Å².